The van der Waals surface area contributed by atoms with Crippen LogP contribution >= 0.6 is 27.3 Å². The Morgan fingerprint density at radius 3 is 2.55 bits per heavy atom. The summed E-state index contributed by atoms with van der Waals surface area (Å²) < 4.78 is 1.14. The third-order valence-electron chi connectivity index (χ3n) is 4.22. The van der Waals surface area contributed by atoms with E-state index in [0.717, 1.165) is 35.9 Å². The van der Waals surface area contributed by atoms with Gasteiger partial charge in [0.25, 0.3) is 0 Å². The minimum Gasteiger partial charge on any atom is -0.355 e. The fourth-order valence-corrected chi connectivity index (χ4v) is 4.38. The smallest absolute Gasteiger partial charge is 0.227 e. The molecule has 1 aromatic rings. The molecule has 1 aromatic heterocycles. The third kappa shape index (κ3) is 4.06. The van der Waals surface area contributed by atoms with E-state index in [1.807, 2.05) is 0 Å². The molecule has 0 saturated heterocycles. The maximum Gasteiger partial charge on any atom is 0.227 e. The van der Waals surface area contributed by atoms with Crippen molar-refractivity contribution in [2.45, 2.75) is 44.9 Å². The van der Waals surface area contributed by atoms with Crippen LogP contribution in [0.5, 0.6) is 0 Å². The van der Waals surface area contributed by atoms with E-state index in [2.05, 4.69) is 33.4 Å². The lowest BCUT2D eigenvalue weighted by atomic mass is 9.79. The highest BCUT2D eigenvalue weighted by Gasteiger charge is 2.36. The molecule has 0 bridgehead atoms. The Hall–Kier alpha value is -0.390. The van der Waals surface area contributed by atoms with Gasteiger partial charge in [-0.2, -0.15) is 0 Å². The van der Waals surface area contributed by atoms with Crippen molar-refractivity contribution in [1.82, 2.24) is 5.32 Å². The average Bonchev–Trinajstić information content (AvgIpc) is 2.73. The zero-order chi connectivity index (χ0) is 14.4. The molecule has 1 saturated carbocycles. The summed E-state index contributed by atoms with van der Waals surface area (Å²) >= 11 is 5.18. The second kappa shape index (κ2) is 7.57. The normalized spacial score (nSPS) is 18.5. The van der Waals surface area contributed by atoms with Crippen LogP contribution in [0.3, 0.4) is 0 Å². The molecule has 0 spiro atoms. The summed E-state index contributed by atoms with van der Waals surface area (Å²) in [6.07, 6.45) is 7.50. The summed E-state index contributed by atoms with van der Waals surface area (Å²) in [4.78, 5) is 13.8. The van der Waals surface area contributed by atoms with Crippen molar-refractivity contribution in [1.29, 1.82) is 0 Å². The largest absolute Gasteiger partial charge is 0.355 e. The first-order valence-corrected chi connectivity index (χ1v) is 9.00. The van der Waals surface area contributed by atoms with Gasteiger partial charge < -0.3 is 11.1 Å². The fourth-order valence-electron chi connectivity index (χ4n) is 2.90. The highest BCUT2D eigenvalue weighted by molar-refractivity contribution is 9.11. The van der Waals surface area contributed by atoms with Crippen molar-refractivity contribution in [3.8, 4) is 0 Å². The van der Waals surface area contributed by atoms with Crippen LogP contribution in [0.2, 0.25) is 0 Å². The lowest BCUT2D eigenvalue weighted by molar-refractivity contribution is -0.131. The zero-order valence-electron chi connectivity index (χ0n) is 11.8. The van der Waals surface area contributed by atoms with Crippen molar-refractivity contribution < 1.29 is 4.79 Å². The van der Waals surface area contributed by atoms with Gasteiger partial charge in [0.05, 0.1) is 9.20 Å². The molecule has 1 fully saturated rings. The Kier molecular flexibility index (Phi) is 6.05. The van der Waals surface area contributed by atoms with Crippen LogP contribution in [0.4, 0.5) is 0 Å². The summed E-state index contributed by atoms with van der Waals surface area (Å²) in [5.41, 5.74) is 5.62. The lowest BCUT2D eigenvalue weighted by Gasteiger charge is -2.29. The fraction of sp³-hybridized carbons (Fsp3) is 0.667. The lowest BCUT2D eigenvalue weighted by Crippen LogP contribution is -2.46. The number of amides is 1. The van der Waals surface area contributed by atoms with Gasteiger partial charge in [-0.15, -0.1) is 11.3 Å². The molecule has 0 unspecified atom stereocenters. The predicted molar refractivity (Wildman–Crippen MR) is 87.9 cm³/mol. The van der Waals surface area contributed by atoms with Crippen molar-refractivity contribution in [2.75, 3.05) is 13.1 Å². The van der Waals surface area contributed by atoms with Crippen LogP contribution in [0, 0.1) is 5.41 Å². The average molecular weight is 359 g/mol. The van der Waals surface area contributed by atoms with Gasteiger partial charge in [-0.25, -0.2) is 0 Å². The van der Waals surface area contributed by atoms with Crippen LogP contribution < -0.4 is 11.1 Å². The SMILES string of the molecule is NCC1(C(=O)NCCc2ccc(Br)s2)CCCCCC1. The summed E-state index contributed by atoms with van der Waals surface area (Å²) in [5.74, 6) is 0.164. The van der Waals surface area contributed by atoms with Gasteiger partial charge in [-0.1, -0.05) is 25.7 Å². The number of carbonyl (C=O) groups excluding carboxylic acids is 1. The van der Waals surface area contributed by atoms with Crippen LogP contribution in [0.1, 0.15) is 43.4 Å². The molecule has 112 valence electrons. The van der Waals surface area contributed by atoms with Gasteiger partial charge in [0, 0.05) is 18.0 Å². The highest BCUT2D eigenvalue weighted by Crippen LogP contribution is 2.34. The first-order chi connectivity index (χ1) is 9.66. The summed E-state index contributed by atoms with van der Waals surface area (Å²) in [6, 6.07) is 4.15. The van der Waals surface area contributed by atoms with Crippen LogP contribution in [0.15, 0.2) is 15.9 Å². The molecule has 5 heteroatoms. The van der Waals surface area contributed by atoms with Crippen LogP contribution in [0.25, 0.3) is 0 Å². The number of halogens is 1. The van der Waals surface area contributed by atoms with Gasteiger partial charge in [0.1, 0.15) is 0 Å². The summed E-state index contributed by atoms with van der Waals surface area (Å²) in [7, 11) is 0. The molecule has 1 aliphatic rings. The number of hydrogen-bond donors (Lipinski definition) is 2. The second-order valence-electron chi connectivity index (χ2n) is 5.61. The Balaban J connectivity index is 1.85. The van der Waals surface area contributed by atoms with Crippen molar-refractivity contribution >= 4 is 33.2 Å². The molecule has 1 amide bonds. The third-order valence-corrected chi connectivity index (χ3v) is 5.90. The standard InChI is InChI=1S/C15H23BrN2OS/c16-13-6-5-12(20-13)7-10-18-14(19)15(11-17)8-3-1-2-4-9-15/h5-6H,1-4,7-11,17H2,(H,18,19). The molecule has 3 N–H and O–H groups in total. The minimum absolute atomic E-state index is 0.164. The van der Waals surface area contributed by atoms with Gasteiger partial charge >= 0.3 is 0 Å². The molecular formula is C15H23BrN2OS. The van der Waals surface area contributed by atoms with E-state index in [0.29, 0.717) is 13.1 Å². The number of hydrogen-bond acceptors (Lipinski definition) is 3. The second-order valence-corrected chi connectivity index (χ2v) is 8.16. The van der Waals surface area contributed by atoms with Gasteiger partial charge in [0.15, 0.2) is 0 Å². The molecule has 0 aliphatic heterocycles. The van der Waals surface area contributed by atoms with E-state index in [9.17, 15) is 4.79 Å². The van der Waals surface area contributed by atoms with Crippen LogP contribution in [-0.2, 0) is 11.2 Å². The Labute approximate surface area is 133 Å². The van der Waals surface area contributed by atoms with Gasteiger partial charge in [-0.05, 0) is 47.3 Å². The molecular weight excluding hydrogens is 336 g/mol. The minimum atomic E-state index is -0.313. The van der Waals surface area contributed by atoms with Crippen molar-refractivity contribution in [3.05, 3.63) is 20.8 Å². The Morgan fingerprint density at radius 1 is 1.30 bits per heavy atom. The van der Waals surface area contributed by atoms with Crippen LogP contribution in [-0.4, -0.2) is 19.0 Å². The maximum atomic E-state index is 12.5. The molecule has 2 rings (SSSR count). The van der Waals surface area contributed by atoms with E-state index >= 15 is 0 Å². The monoisotopic (exact) mass is 358 g/mol. The number of nitrogens with one attached hydrogen (secondary N) is 1. The van der Waals surface area contributed by atoms with Gasteiger partial charge in [0.2, 0.25) is 5.91 Å². The Morgan fingerprint density at radius 2 is 2.00 bits per heavy atom. The van der Waals surface area contributed by atoms with E-state index < -0.39 is 0 Å². The maximum absolute atomic E-state index is 12.5. The topological polar surface area (TPSA) is 55.1 Å². The number of carbonyl (C=O) groups is 1. The predicted octanol–water partition coefficient (Wildman–Crippen LogP) is 3.47. The van der Waals surface area contributed by atoms with Crippen molar-refractivity contribution in [3.63, 3.8) is 0 Å². The zero-order valence-corrected chi connectivity index (χ0v) is 14.2. The molecule has 0 radical (unpaired) electrons. The number of nitrogens with two attached hydrogens (primary N) is 1. The highest BCUT2D eigenvalue weighted by atomic mass is 79.9. The quantitative estimate of drug-likeness (QED) is 0.791. The number of thiophene rings is 1. The van der Waals surface area contributed by atoms with Crippen molar-refractivity contribution in [2.24, 2.45) is 11.1 Å². The van der Waals surface area contributed by atoms with E-state index in [1.165, 1.54) is 17.7 Å². The first-order valence-electron chi connectivity index (χ1n) is 7.39. The first kappa shape index (κ1) is 16.0. The molecule has 1 aliphatic carbocycles. The van der Waals surface area contributed by atoms with E-state index in [-0.39, 0.29) is 11.3 Å². The molecule has 1 heterocycles. The molecule has 3 nitrogen and oxygen atoms in total. The summed E-state index contributed by atoms with van der Waals surface area (Å²) in [6.45, 7) is 1.18. The van der Waals surface area contributed by atoms with Gasteiger partial charge in [-0.3, -0.25) is 4.79 Å². The van der Waals surface area contributed by atoms with E-state index in [4.69, 9.17) is 5.73 Å². The molecule has 0 aromatic carbocycles. The number of rotatable bonds is 5. The molecule has 20 heavy (non-hydrogen) atoms. The molecule has 0 atom stereocenters. The Bertz CT molecular complexity index is 439. The van der Waals surface area contributed by atoms with E-state index in [1.54, 1.807) is 11.3 Å². The summed E-state index contributed by atoms with van der Waals surface area (Å²) in [5, 5.41) is 3.10.